The van der Waals surface area contributed by atoms with Crippen LogP contribution in [0.1, 0.15) is 44.5 Å². The van der Waals surface area contributed by atoms with Gasteiger partial charge >= 0.3 is 0 Å². The van der Waals surface area contributed by atoms with Crippen molar-refractivity contribution in [3.05, 3.63) is 45.8 Å². The van der Waals surface area contributed by atoms with Crippen molar-refractivity contribution in [1.82, 2.24) is 9.62 Å². The molecular formula is C22H27N3O5S2. The number of ether oxygens (including phenoxy) is 1. The fourth-order valence-electron chi connectivity index (χ4n) is 4.09. The third-order valence-electron chi connectivity index (χ3n) is 5.92. The average molecular weight is 478 g/mol. The predicted octanol–water partition coefficient (Wildman–Crippen LogP) is 2.51. The van der Waals surface area contributed by atoms with Gasteiger partial charge in [-0.25, -0.2) is 8.42 Å². The molecule has 0 saturated carbocycles. The summed E-state index contributed by atoms with van der Waals surface area (Å²) in [5.41, 5.74) is 1.89. The lowest BCUT2D eigenvalue weighted by molar-refractivity contribution is 0.0730. The molecule has 1 unspecified atom stereocenters. The number of benzene rings is 1. The number of nitrogens with one attached hydrogen (secondary N) is 2. The first-order valence-corrected chi connectivity index (χ1v) is 12.9. The Bertz CT molecular complexity index is 1120. The van der Waals surface area contributed by atoms with Crippen molar-refractivity contribution in [3.8, 4) is 0 Å². The fraction of sp³-hybridized carbons (Fsp3) is 0.455. The van der Waals surface area contributed by atoms with E-state index in [4.69, 9.17) is 4.74 Å². The third kappa shape index (κ3) is 4.45. The molecule has 1 aromatic carbocycles. The minimum Gasteiger partial charge on any atom is -0.379 e. The Balaban J connectivity index is 1.55. The highest BCUT2D eigenvalue weighted by Crippen LogP contribution is 2.39. The van der Waals surface area contributed by atoms with Gasteiger partial charge in [0.05, 0.1) is 23.7 Å². The molecule has 1 aliphatic carbocycles. The van der Waals surface area contributed by atoms with E-state index in [9.17, 15) is 18.0 Å². The molecule has 8 nitrogen and oxygen atoms in total. The Labute approximate surface area is 192 Å². The topological polar surface area (TPSA) is 105 Å². The van der Waals surface area contributed by atoms with Crippen molar-refractivity contribution in [1.29, 1.82) is 0 Å². The quantitative estimate of drug-likeness (QED) is 0.689. The number of rotatable bonds is 5. The monoisotopic (exact) mass is 477 g/mol. The molecule has 0 bridgehead atoms. The average Bonchev–Trinajstić information content (AvgIpc) is 3.15. The van der Waals surface area contributed by atoms with Crippen LogP contribution in [0.4, 0.5) is 5.00 Å². The van der Waals surface area contributed by atoms with Crippen molar-refractivity contribution >= 4 is 38.2 Å². The molecule has 32 heavy (non-hydrogen) atoms. The maximum absolute atomic E-state index is 12.9. The smallest absolute Gasteiger partial charge is 0.256 e. The van der Waals surface area contributed by atoms with E-state index in [0.717, 1.165) is 29.7 Å². The van der Waals surface area contributed by atoms with Gasteiger partial charge in [0.15, 0.2) is 0 Å². The van der Waals surface area contributed by atoms with Crippen molar-refractivity contribution in [2.75, 3.05) is 38.7 Å². The summed E-state index contributed by atoms with van der Waals surface area (Å²) < 4.78 is 32.2. The molecule has 2 aliphatic rings. The van der Waals surface area contributed by atoms with Crippen molar-refractivity contribution in [2.24, 2.45) is 5.92 Å². The van der Waals surface area contributed by atoms with Gasteiger partial charge in [0, 0.05) is 30.6 Å². The number of thiophene rings is 1. The highest BCUT2D eigenvalue weighted by Gasteiger charge is 2.29. The van der Waals surface area contributed by atoms with Gasteiger partial charge in [-0.15, -0.1) is 11.3 Å². The fourth-order valence-corrected chi connectivity index (χ4v) is 6.90. The van der Waals surface area contributed by atoms with E-state index >= 15 is 0 Å². The summed E-state index contributed by atoms with van der Waals surface area (Å²) in [6, 6.07) is 5.89. The van der Waals surface area contributed by atoms with Crippen LogP contribution in [-0.4, -0.2) is 57.9 Å². The van der Waals surface area contributed by atoms with Crippen LogP contribution in [0.5, 0.6) is 0 Å². The second kappa shape index (κ2) is 9.30. The molecule has 2 heterocycles. The zero-order chi connectivity index (χ0) is 22.9. The van der Waals surface area contributed by atoms with Crippen LogP contribution < -0.4 is 10.6 Å². The minimum absolute atomic E-state index is 0.141. The van der Waals surface area contributed by atoms with Gasteiger partial charge in [-0.1, -0.05) is 6.92 Å². The summed E-state index contributed by atoms with van der Waals surface area (Å²) in [4.78, 5) is 26.7. The van der Waals surface area contributed by atoms with Gasteiger partial charge < -0.3 is 15.4 Å². The number of morpholine rings is 1. The highest BCUT2D eigenvalue weighted by atomic mass is 32.2. The van der Waals surface area contributed by atoms with Gasteiger partial charge in [-0.2, -0.15) is 4.31 Å². The van der Waals surface area contributed by atoms with E-state index in [1.807, 2.05) is 0 Å². The van der Waals surface area contributed by atoms with Crippen LogP contribution in [-0.2, 0) is 27.6 Å². The van der Waals surface area contributed by atoms with E-state index in [1.54, 1.807) is 7.05 Å². The molecule has 4 rings (SSSR count). The summed E-state index contributed by atoms with van der Waals surface area (Å²) >= 11 is 1.45. The molecule has 2 N–H and O–H groups in total. The molecule has 2 amide bonds. The number of fused-ring (bicyclic) bond motifs is 1. The summed E-state index contributed by atoms with van der Waals surface area (Å²) in [5.74, 6) is -0.0420. The first-order valence-electron chi connectivity index (χ1n) is 10.7. The van der Waals surface area contributed by atoms with Crippen LogP contribution in [0.2, 0.25) is 0 Å². The SMILES string of the molecule is CNC(=O)c1c(NC(=O)c2ccc(S(=O)(=O)N3CCOCC3)cc2)sc2c1CCC(C)C2. The standard InChI is InChI=1S/C22H27N3O5S2/c1-14-3-8-17-18(13-14)31-22(19(17)21(27)23-2)24-20(26)15-4-6-16(7-5-15)32(28,29)25-9-11-30-12-10-25/h4-7,14H,3,8-13H2,1-2H3,(H,23,27)(H,24,26). The maximum atomic E-state index is 12.9. The molecule has 1 atom stereocenters. The van der Waals surface area contributed by atoms with Gasteiger partial charge in [-0.05, 0) is 55.0 Å². The number of amides is 2. The second-order valence-electron chi connectivity index (χ2n) is 8.13. The number of carbonyl (C=O) groups excluding carboxylic acids is 2. The molecule has 1 aliphatic heterocycles. The zero-order valence-electron chi connectivity index (χ0n) is 18.1. The van der Waals surface area contributed by atoms with E-state index in [2.05, 4.69) is 17.6 Å². The van der Waals surface area contributed by atoms with Crippen LogP contribution in [0.3, 0.4) is 0 Å². The third-order valence-corrected chi connectivity index (χ3v) is 9.00. The molecule has 1 saturated heterocycles. The lowest BCUT2D eigenvalue weighted by Crippen LogP contribution is -2.40. The normalized spacial score (nSPS) is 19.2. The number of nitrogens with zero attached hydrogens (tertiary/aromatic N) is 1. The first kappa shape index (κ1) is 22.9. The molecule has 1 fully saturated rings. The summed E-state index contributed by atoms with van der Waals surface area (Å²) in [6.07, 6.45) is 2.73. The highest BCUT2D eigenvalue weighted by molar-refractivity contribution is 7.89. The Morgan fingerprint density at radius 2 is 1.81 bits per heavy atom. The van der Waals surface area contributed by atoms with Gasteiger partial charge in [0.1, 0.15) is 5.00 Å². The van der Waals surface area contributed by atoms with Gasteiger partial charge in [0.2, 0.25) is 10.0 Å². The minimum atomic E-state index is -3.62. The molecule has 0 radical (unpaired) electrons. The Hall–Kier alpha value is -2.27. The van der Waals surface area contributed by atoms with E-state index in [-0.39, 0.29) is 16.7 Å². The van der Waals surface area contributed by atoms with Crippen LogP contribution in [0.25, 0.3) is 0 Å². The molecule has 2 aromatic rings. The molecular weight excluding hydrogens is 450 g/mol. The lowest BCUT2D eigenvalue weighted by atomic mass is 9.88. The number of sulfonamides is 1. The van der Waals surface area contributed by atoms with Gasteiger partial charge in [-0.3, -0.25) is 9.59 Å². The maximum Gasteiger partial charge on any atom is 0.256 e. The number of anilines is 1. The van der Waals surface area contributed by atoms with Gasteiger partial charge in [0.25, 0.3) is 11.8 Å². The second-order valence-corrected chi connectivity index (χ2v) is 11.2. The van der Waals surface area contributed by atoms with Crippen LogP contribution in [0.15, 0.2) is 29.2 Å². The Morgan fingerprint density at radius 3 is 2.47 bits per heavy atom. The van der Waals surface area contributed by atoms with Crippen molar-refractivity contribution in [3.63, 3.8) is 0 Å². The zero-order valence-corrected chi connectivity index (χ0v) is 19.8. The van der Waals surface area contributed by atoms with E-state index < -0.39 is 10.0 Å². The number of hydrogen-bond acceptors (Lipinski definition) is 6. The summed E-state index contributed by atoms with van der Waals surface area (Å²) in [7, 11) is -2.04. The molecule has 0 spiro atoms. The van der Waals surface area contributed by atoms with Crippen molar-refractivity contribution < 1.29 is 22.7 Å². The first-order chi connectivity index (χ1) is 15.3. The number of hydrogen-bond donors (Lipinski definition) is 2. The molecule has 1 aromatic heterocycles. The van der Waals surface area contributed by atoms with Crippen molar-refractivity contribution in [2.45, 2.75) is 31.1 Å². The van der Waals surface area contributed by atoms with E-state index in [1.165, 1.54) is 39.9 Å². The largest absolute Gasteiger partial charge is 0.379 e. The van der Waals surface area contributed by atoms with E-state index in [0.29, 0.717) is 48.3 Å². The summed E-state index contributed by atoms with van der Waals surface area (Å²) in [6.45, 7) is 3.56. The molecule has 172 valence electrons. The van der Waals surface area contributed by atoms with Crippen LogP contribution >= 0.6 is 11.3 Å². The molecule has 10 heteroatoms. The predicted molar refractivity (Wildman–Crippen MR) is 123 cm³/mol. The Morgan fingerprint density at radius 1 is 1.12 bits per heavy atom. The Kier molecular flexibility index (Phi) is 6.66. The summed E-state index contributed by atoms with van der Waals surface area (Å²) in [5, 5.41) is 6.09. The lowest BCUT2D eigenvalue weighted by Gasteiger charge is -2.26. The number of carbonyl (C=O) groups is 2. The van der Waals surface area contributed by atoms with Crippen LogP contribution in [0, 0.1) is 5.92 Å².